The molecule has 35 heavy (non-hydrogen) atoms. The molecule has 0 amide bonds. The van der Waals surface area contributed by atoms with E-state index in [-0.39, 0.29) is 23.3 Å². The van der Waals surface area contributed by atoms with Crippen LogP contribution >= 0.6 is 0 Å². The number of aromatic amines is 1. The fourth-order valence-electron chi connectivity index (χ4n) is 3.46. The summed E-state index contributed by atoms with van der Waals surface area (Å²) in [5, 5.41) is 12.9. The number of oxime groups is 1. The molecule has 4 rings (SSSR count). The van der Waals surface area contributed by atoms with Crippen molar-refractivity contribution < 1.29 is 27.9 Å². The Morgan fingerprint density at radius 3 is 2.57 bits per heavy atom. The monoisotopic (exact) mass is 486 g/mol. The summed E-state index contributed by atoms with van der Waals surface area (Å²) in [5.74, 6) is -1.43. The van der Waals surface area contributed by atoms with Gasteiger partial charge in [0, 0.05) is 18.0 Å². The molecule has 4 aromatic rings. The molecule has 0 radical (unpaired) electrons. The molecular formula is C23H17F3N4O5. The molecule has 0 aliphatic carbocycles. The zero-order valence-electron chi connectivity index (χ0n) is 17.8. The van der Waals surface area contributed by atoms with Gasteiger partial charge in [-0.3, -0.25) is 19.0 Å². The maximum absolute atomic E-state index is 13.9. The van der Waals surface area contributed by atoms with Crippen LogP contribution < -0.4 is 11.1 Å². The normalized spacial score (nSPS) is 11.9. The van der Waals surface area contributed by atoms with Crippen LogP contribution in [0, 0.1) is 0 Å². The van der Waals surface area contributed by atoms with Gasteiger partial charge >= 0.3 is 23.3 Å². The molecule has 12 heteroatoms. The smallest absolute Gasteiger partial charge is 0.418 e. The summed E-state index contributed by atoms with van der Waals surface area (Å²) in [6.45, 7) is -0.688. The molecule has 0 saturated carbocycles. The van der Waals surface area contributed by atoms with Crippen LogP contribution in [0.1, 0.15) is 16.7 Å². The molecule has 2 N–H and O–H groups in total. The Balaban J connectivity index is 1.73. The molecular weight excluding hydrogens is 469 g/mol. The highest BCUT2D eigenvalue weighted by atomic mass is 19.4. The Hall–Kier alpha value is -4.61. The number of carboxylic acid groups (broad SMARTS) is 1. The molecule has 0 unspecified atom stereocenters. The molecule has 0 aliphatic heterocycles. The summed E-state index contributed by atoms with van der Waals surface area (Å²) in [5.41, 5.74) is -3.07. The first-order chi connectivity index (χ1) is 16.6. The topological polar surface area (TPSA) is 119 Å². The van der Waals surface area contributed by atoms with Crippen molar-refractivity contribution in [3.8, 4) is 5.69 Å². The lowest BCUT2D eigenvalue weighted by Gasteiger charge is -2.16. The number of aliphatic carboxylic acids is 1. The standard InChI is InChI=1S/C23H17F3N4O5/c24-23(25,26)16-8-17-19(30(12-20(31)32)22(34)21(33)28-17)9-18(16)29-7-6-15(11-29)10-27-35-13-14-4-2-1-3-5-14/h1-11H,12-13H2,(H,28,33)(H,31,32)/b27-10+. The summed E-state index contributed by atoms with van der Waals surface area (Å²) >= 11 is 0. The van der Waals surface area contributed by atoms with Crippen molar-refractivity contribution in [1.82, 2.24) is 14.1 Å². The Bertz CT molecular complexity index is 1540. The van der Waals surface area contributed by atoms with Gasteiger partial charge in [0.05, 0.1) is 28.5 Å². The van der Waals surface area contributed by atoms with E-state index in [1.54, 1.807) is 0 Å². The van der Waals surface area contributed by atoms with Gasteiger partial charge in [0.15, 0.2) is 0 Å². The lowest BCUT2D eigenvalue weighted by atomic mass is 10.1. The number of benzene rings is 2. The van der Waals surface area contributed by atoms with Gasteiger partial charge < -0.3 is 19.5 Å². The van der Waals surface area contributed by atoms with Crippen LogP contribution in [-0.4, -0.2) is 31.4 Å². The van der Waals surface area contributed by atoms with Crippen LogP contribution in [0.25, 0.3) is 16.7 Å². The van der Waals surface area contributed by atoms with Crippen LogP contribution in [0.5, 0.6) is 0 Å². The second-order valence-electron chi connectivity index (χ2n) is 7.47. The summed E-state index contributed by atoms with van der Waals surface area (Å²) in [6.07, 6.45) is -0.783. The van der Waals surface area contributed by atoms with Gasteiger partial charge in [0.25, 0.3) is 0 Å². The van der Waals surface area contributed by atoms with Crippen LogP contribution in [0.3, 0.4) is 0 Å². The Kier molecular flexibility index (Phi) is 6.28. The predicted molar refractivity (Wildman–Crippen MR) is 120 cm³/mol. The lowest BCUT2D eigenvalue weighted by molar-refractivity contribution is -0.138. The zero-order valence-corrected chi connectivity index (χ0v) is 17.8. The lowest BCUT2D eigenvalue weighted by Crippen LogP contribution is -2.38. The van der Waals surface area contributed by atoms with Gasteiger partial charge in [-0.1, -0.05) is 35.5 Å². The van der Waals surface area contributed by atoms with Gasteiger partial charge in [0.1, 0.15) is 13.2 Å². The number of alkyl halides is 3. The number of nitrogens with one attached hydrogen (secondary N) is 1. The van der Waals surface area contributed by atoms with E-state index in [1.807, 2.05) is 30.3 Å². The molecule has 0 bridgehead atoms. The van der Waals surface area contributed by atoms with Crippen molar-refractivity contribution in [1.29, 1.82) is 0 Å². The van der Waals surface area contributed by atoms with Gasteiger partial charge in [0.2, 0.25) is 0 Å². The third-order valence-corrected chi connectivity index (χ3v) is 5.04. The van der Waals surface area contributed by atoms with E-state index in [1.165, 1.54) is 24.7 Å². The van der Waals surface area contributed by atoms with E-state index in [0.29, 0.717) is 16.2 Å². The quantitative estimate of drug-likeness (QED) is 0.236. The highest BCUT2D eigenvalue weighted by Gasteiger charge is 2.35. The minimum absolute atomic E-state index is 0.171. The summed E-state index contributed by atoms with van der Waals surface area (Å²) in [4.78, 5) is 42.6. The van der Waals surface area contributed by atoms with Crippen molar-refractivity contribution in [3.05, 3.63) is 98.3 Å². The number of carbonyl (C=O) groups is 1. The van der Waals surface area contributed by atoms with Gasteiger partial charge in [-0.25, -0.2) is 0 Å². The number of hydrogen-bond donors (Lipinski definition) is 2. The molecule has 0 spiro atoms. The number of nitrogens with zero attached hydrogens (tertiary/aromatic N) is 3. The average Bonchev–Trinajstić information content (AvgIpc) is 3.28. The van der Waals surface area contributed by atoms with Crippen molar-refractivity contribution in [3.63, 3.8) is 0 Å². The first kappa shape index (κ1) is 23.5. The molecule has 2 aromatic carbocycles. The largest absolute Gasteiger partial charge is 0.480 e. The summed E-state index contributed by atoms with van der Waals surface area (Å²) in [7, 11) is 0. The van der Waals surface area contributed by atoms with Crippen LogP contribution in [0.2, 0.25) is 0 Å². The first-order valence-corrected chi connectivity index (χ1v) is 10.1. The molecule has 0 fully saturated rings. The number of H-pyrrole nitrogens is 1. The highest BCUT2D eigenvalue weighted by Crippen LogP contribution is 2.36. The Labute approximate surface area is 194 Å². The first-order valence-electron chi connectivity index (χ1n) is 10.1. The number of fused-ring (bicyclic) bond motifs is 1. The highest BCUT2D eigenvalue weighted by molar-refractivity contribution is 5.82. The fraction of sp³-hybridized carbons (Fsp3) is 0.130. The zero-order chi connectivity index (χ0) is 25.2. The Morgan fingerprint density at radius 2 is 1.89 bits per heavy atom. The fourth-order valence-corrected chi connectivity index (χ4v) is 3.46. The Morgan fingerprint density at radius 1 is 1.14 bits per heavy atom. The number of rotatable bonds is 7. The molecule has 0 atom stereocenters. The number of aromatic nitrogens is 3. The third-order valence-electron chi connectivity index (χ3n) is 5.04. The maximum Gasteiger partial charge on any atom is 0.418 e. The molecule has 9 nitrogen and oxygen atoms in total. The van der Waals surface area contributed by atoms with E-state index in [9.17, 15) is 27.6 Å². The minimum atomic E-state index is -4.81. The summed E-state index contributed by atoms with van der Waals surface area (Å²) in [6, 6.07) is 12.4. The molecule has 0 aliphatic rings. The van der Waals surface area contributed by atoms with Crippen molar-refractivity contribution in [2.24, 2.45) is 5.16 Å². The minimum Gasteiger partial charge on any atom is -0.480 e. The maximum atomic E-state index is 13.9. The third kappa shape index (κ3) is 5.16. The second-order valence-corrected chi connectivity index (χ2v) is 7.47. The predicted octanol–water partition coefficient (Wildman–Crippen LogP) is 3.13. The van der Waals surface area contributed by atoms with E-state index in [4.69, 9.17) is 9.94 Å². The SMILES string of the molecule is O=C(O)Cn1c(=O)c(=O)[nH]c2cc(C(F)(F)F)c(-n3ccc(/C=N/OCc4ccccc4)c3)cc21. The number of hydrogen-bond acceptors (Lipinski definition) is 5. The van der Waals surface area contributed by atoms with Gasteiger partial charge in [-0.15, -0.1) is 0 Å². The van der Waals surface area contributed by atoms with Crippen molar-refractivity contribution in [2.45, 2.75) is 19.3 Å². The van der Waals surface area contributed by atoms with Gasteiger partial charge in [-0.05, 0) is 23.8 Å². The molecule has 2 heterocycles. The van der Waals surface area contributed by atoms with E-state index < -0.39 is 35.4 Å². The number of carboxylic acids is 1. The van der Waals surface area contributed by atoms with E-state index in [2.05, 4.69) is 10.1 Å². The van der Waals surface area contributed by atoms with E-state index >= 15 is 0 Å². The number of halogens is 3. The molecule has 2 aromatic heterocycles. The van der Waals surface area contributed by atoms with Crippen LogP contribution in [-0.2, 0) is 29.0 Å². The van der Waals surface area contributed by atoms with Crippen LogP contribution in [0.15, 0.2) is 75.7 Å². The van der Waals surface area contributed by atoms with E-state index in [0.717, 1.165) is 16.2 Å². The molecule has 0 saturated heterocycles. The van der Waals surface area contributed by atoms with Crippen LogP contribution in [0.4, 0.5) is 13.2 Å². The van der Waals surface area contributed by atoms with Gasteiger partial charge in [-0.2, -0.15) is 13.2 Å². The van der Waals surface area contributed by atoms with Crippen molar-refractivity contribution >= 4 is 23.2 Å². The average molecular weight is 486 g/mol. The second kappa shape index (κ2) is 9.33. The van der Waals surface area contributed by atoms with Crippen molar-refractivity contribution in [2.75, 3.05) is 0 Å². The summed E-state index contributed by atoms with van der Waals surface area (Å²) < 4.78 is 43.3. The molecule has 180 valence electrons.